The van der Waals surface area contributed by atoms with Gasteiger partial charge >= 0.3 is 13.2 Å². The molecule has 204 valence electrons. The lowest BCUT2D eigenvalue weighted by molar-refractivity contribution is 0.00578. The van der Waals surface area contributed by atoms with E-state index in [-0.39, 0.29) is 25.5 Å². The van der Waals surface area contributed by atoms with E-state index in [4.69, 9.17) is 14.0 Å². The first-order chi connectivity index (χ1) is 19.1. The number of nitrogens with one attached hydrogen (secondary N) is 1. The molecule has 1 aliphatic heterocycles. The van der Waals surface area contributed by atoms with Crippen molar-refractivity contribution in [1.29, 1.82) is 5.26 Å². The number of carbonyl (C=O) groups excluding carboxylic acids is 1. The van der Waals surface area contributed by atoms with Crippen molar-refractivity contribution >= 4 is 19.3 Å². The van der Waals surface area contributed by atoms with Gasteiger partial charge in [0, 0.05) is 12.5 Å². The number of benzene rings is 3. The Labute approximate surface area is 234 Å². The predicted octanol–water partition coefficient (Wildman–Crippen LogP) is 6.45. The van der Waals surface area contributed by atoms with Gasteiger partial charge in [-0.1, -0.05) is 60.7 Å². The van der Waals surface area contributed by atoms with E-state index in [1.54, 1.807) is 12.1 Å². The van der Waals surface area contributed by atoms with Crippen molar-refractivity contribution in [2.75, 3.05) is 13.2 Å². The number of nitriles is 1. The van der Waals surface area contributed by atoms with Crippen molar-refractivity contribution in [2.24, 2.45) is 0 Å². The van der Waals surface area contributed by atoms with Crippen LogP contribution in [0.4, 0.5) is 9.18 Å². The van der Waals surface area contributed by atoms with Crippen molar-refractivity contribution in [2.45, 2.75) is 51.2 Å². The fourth-order valence-electron chi connectivity index (χ4n) is 5.17. The van der Waals surface area contributed by atoms with E-state index in [2.05, 4.69) is 35.7 Å². The number of alkyl carbamates (subject to hydrolysis) is 1. The molecule has 0 radical (unpaired) electrons. The van der Waals surface area contributed by atoms with Crippen LogP contribution in [0.5, 0.6) is 0 Å². The molecule has 8 heteroatoms. The summed E-state index contributed by atoms with van der Waals surface area (Å²) >= 11 is 0. The van der Waals surface area contributed by atoms with Gasteiger partial charge in [0.2, 0.25) is 0 Å². The molecule has 0 atom stereocenters. The molecule has 3 aromatic carbocycles. The molecule has 6 nitrogen and oxygen atoms in total. The van der Waals surface area contributed by atoms with E-state index >= 15 is 0 Å². The van der Waals surface area contributed by atoms with E-state index in [0.29, 0.717) is 16.6 Å². The minimum Gasteiger partial charge on any atom is -0.449 e. The van der Waals surface area contributed by atoms with Crippen molar-refractivity contribution < 1.29 is 23.2 Å². The molecular formula is C32H32BFN2O4. The van der Waals surface area contributed by atoms with Crippen LogP contribution in [0.2, 0.25) is 0 Å². The molecule has 1 aliphatic carbocycles. The maximum Gasteiger partial charge on any atom is 0.492 e. The quantitative estimate of drug-likeness (QED) is 0.350. The Kier molecular flexibility index (Phi) is 7.54. The number of hydrogen-bond acceptors (Lipinski definition) is 5. The number of halogens is 1. The van der Waals surface area contributed by atoms with E-state index in [1.165, 1.54) is 12.1 Å². The van der Waals surface area contributed by atoms with E-state index in [1.807, 2.05) is 52.0 Å². The van der Waals surface area contributed by atoms with Crippen molar-refractivity contribution in [3.8, 4) is 17.2 Å². The molecule has 1 N–H and O–H groups in total. The first kappa shape index (κ1) is 27.6. The molecule has 40 heavy (non-hydrogen) atoms. The second-order valence-electron chi connectivity index (χ2n) is 11.2. The Morgan fingerprint density at radius 1 is 1.02 bits per heavy atom. The molecule has 2 aliphatic rings. The Hall–Kier alpha value is -3.93. The summed E-state index contributed by atoms with van der Waals surface area (Å²) in [5, 5.41) is 12.1. The molecule has 0 spiro atoms. The lowest BCUT2D eigenvalue weighted by atomic mass is 9.76. The van der Waals surface area contributed by atoms with Gasteiger partial charge in [0.05, 0.1) is 23.7 Å². The number of carbonyl (C=O) groups is 1. The molecule has 1 amide bonds. The summed E-state index contributed by atoms with van der Waals surface area (Å²) in [5.41, 5.74) is 5.12. The first-order valence-electron chi connectivity index (χ1n) is 13.4. The van der Waals surface area contributed by atoms with Crippen LogP contribution < -0.4 is 5.32 Å². The fourth-order valence-corrected chi connectivity index (χ4v) is 5.17. The zero-order valence-corrected chi connectivity index (χ0v) is 23.2. The summed E-state index contributed by atoms with van der Waals surface area (Å²) in [6, 6.07) is 22.7. The highest BCUT2D eigenvalue weighted by atomic mass is 19.1. The van der Waals surface area contributed by atoms with Gasteiger partial charge in [-0.2, -0.15) is 5.26 Å². The van der Waals surface area contributed by atoms with Crippen LogP contribution in [0, 0.1) is 17.1 Å². The third kappa shape index (κ3) is 5.40. The lowest BCUT2D eigenvalue weighted by Crippen LogP contribution is -2.41. The SMILES string of the molecule is CC1(C)OB(C(=Cc2cc(F)ccc2CC#N)CNC(=O)OCC2c3ccccc3-c3ccccc32)OC1(C)C. The van der Waals surface area contributed by atoms with Crippen LogP contribution in [0.3, 0.4) is 0 Å². The molecule has 0 saturated carbocycles. The molecular weight excluding hydrogens is 506 g/mol. The average Bonchev–Trinajstić information content (AvgIpc) is 3.35. The highest BCUT2D eigenvalue weighted by Crippen LogP contribution is 2.44. The molecule has 0 unspecified atom stereocenters. The van der Waals surface area contributed by atoms with Crippen molar-refractivity contribution in [3.05, 3.63) is 100 Å². The first-order valence-corrected chi connectivity index (χ1v) is 13.4. The Morgan fingerprint density at radius 3 is 2.23 bits per heavy atom. The van der Waals surface area contributed by atoms with Crippen LogP contribution in [-0.4, -0.2) is 37.6 Å². The summed E-state index contributed by atoms with van der Waals surface area (Å²) in [7, 11) is -0.780. The van der Waals surface area contributed by atoms with E-state index < -0.39 is 30.2 Å². The Balaban J connectivity index is 1.34. The fraction of sp³-hybridized carbons (Fsp3) is 0.312. The van der Waals surface area contributed by atoms with Gasteiger partial charge in [-0.05, 0) is 78.7 Å². The smallest absolute Gasteiger partial charge is 0.449 e. The molecule has 1 fully saturated rings. The number of ether oxygens (including phenoxy) is 1. The second-order valence-corrected chi connectivity index (χ2v) is 11.2. The van der Waals surface area contributed by atoms with Gasteiger partial charge in [0.1, 0.15) is 12.4 Å². The van der Waals surface area contributed by atoms with Crippen LogP contribution in [-0.2, 0) is 20.5 Å². The van der Waals surface area contributed by atoms with Crippen LogP contribution >= 0.6 is 0 Å². The Morgan fingerprint density at radius 2 is 1.62 bits per heavy atom. The monoisotopic (exact) mass is 538 g/mol. The van der Waals surface area contributed by atoms with Gasteiger partial charge < -0.3 is 19.4 Å². The molecule has 0 bridgehead atoms. The lowest BCUT2D eigenvalue weighted by Gasteiger charge is -2.32. The van der Waals surface area contributed by atoms with Gasteiger partial charge in [0.15, 0.2) is 0 Å². The highest BCUT2D eigenvalue weighted by Gasteiger charge is 2.52. The van der Waals surface area contributed by atoms with Crippen LogP contribution in [0.15, 0.2) is 72.2 Å². The number of rotatable bonds is 7. The van der Waals surface area contributed by atoms with E-state index in [9.17, 15) is 14.4 Å². The summed E-state index contributed by atoms with van der Waals surface area (Å²) in [6.07, 6.45) is 1.25. The number of fused-ring (bicyclic) bond motifs is 3. The largest absolute Gasteiger partial charge is 0.492 e. The average molecular weight is 538 g/mol. The van der Waals surface area contributed by atoms with Gasteiger partial charge in [0.25, 0.3) is 0 Å². The van der Waals surface area contributed by atoms with Crippen LogP contribution in [0.25, 0.3) is 17.2 Å². The maximum absolute atomic E-state index is 14.2. The standard InChI is InChI=1S/C32H32BFN2O4/c1-31(2)32(3,4)40-33(39-31)23(17-22-18-24(34)14-13-21(22)15-16-35)19-36-30(37)38-20-29-27-11-7-5-9-25(27)26-10-6-8-12-28(26)29/h5-14,17-18,29H,15,19-20H2,1-4H3,(H,36,37). The summed E-state index contributed by atoms with van der Waals surface area (Å²) < 4.78 is 32.4. The van der Waals surface area contributed by atoms with Gasteiger partial charge in [-0.3, -0.25) is 0 Å². The molecule has 1 heterocycles. The zero-order valence-electron chi connectivity index (χ0n) is 23.2. The van der Waals surface area contributed by atoms with Crippen molar-refractivity contribution in [1.82, 2.24) is 5.32 Å². The van der Waals surface area contributed by atoms with Crippen molar-refractivity contribution in [3.63, 3.8) is 0 Å². The third-order valence-corrected chi connectivity index (χ3v) is 8.05. The number of nitrogens with zero attached hydrogens (tertiary/aromatic N) is 1. The van der Waals surface area contributed by atoms with Gasteiger partial charge in [-0.25, -0.2) is 9.18 Å². The highest BCUT2D eigenvalue weighted by molar-refractivity contribution is 6.56. The molecule has 5 rings (SSSR count). The maximum atomic E-state index is 14.2. The minimum atomic E-state index is -0.780. The Bertz CT molecular complexity index is 1450. The molecule has 1 saturated heterocycles. The normalized spacial score (nSPS) is 17.2. The summed E-state index contributed by atoms with van der Waals surface area (Å²) in [5.74, 6) is -0.484. The van der Waals surface area contributed by atoms with Gasteiger partial charge in [-0.15, -0.1) is 0 Å². The van der Waals surface area contributed by atoms with E-state index in [0.717, 1.165) is 22.3 Å². The van der Waals surface area contributed by atoms with Crippen LogP contribution in [0.1, 0.15) is 55.9 Å². The molecule has 0 aromatic heterocycles. The predicted molar refractivity (Wildman–Crippen MR) is 153 cm³/mol. The zero-order chi connectivity index (χ0) is 28.5. The molecule has 3 aromatic rings. The summed E-state index contributed by atoms with van der Waals surface area (Å²) in [4.78, 5) is 12.9. The number of amides is 1. The summed E-state index contributed by atoms with van der Waals surface area (Å²) in [6.45, 7) is 7.99. The topological polar surface area (TPSA) is 80.6 Å². The minimum absolute atomic E-state index is 0.0516. The number of hydrogen-bond donors (Lipinski definition) is 1. The third-order valence-electron chi connectivity index (χ3n) is 8.05. The second kappa shape index (κ2) is 10.9.